The summed E-state index contributed by atoms with van der Waals surface area (Å²) >= 11 is 0. The smallest absolute Gasteiger partial charge is 0.0918 e. The topological polar surface area (TPSA) is 18.5 Å². The Bertz CT molecular complexity index is 1070. The molecule has 0 amide bonds. The van der Waals surface area contributed by atoms with Gasteiger partial charge >= 0.3 is 0 Å². The molecule has 2 nitrogen and oxygen atoms in total. The largest absolute Gasteiger partial charge is 0.370 e. The van der Waals surface area contributed by atoms with Crippen LogP contribution in [0.5, 0.6) is 0 Å². The summed E-state index contributed by atoms with van der Waals surface area (Å²) in [5.41, 5.74) is 6.08. The maximum absolute atomic E-state index is 6.80. The van der Waals surface area contributed by atoms with Crippen LogP contribution in [0.2, 0.25) is 0 Å². The van der Waals surface area contributed by atoms with E-state index in [2.05, 4.69) is 128 Å². The number of ether oxygens (including phenoxy) is 2. The Labute approximate surface area is 217 Å². The van der Waals surface area contributed by atoms with Crippen molar-refractivity contribution in [3.63, 3.8) is 0 Å². The molecule has 0 bridgehead atoms. The average molecular weight is 495 g/mol. The second-order valence-corrected chi connectivity index (χ2v) is 12.4. The van der Waals surface area contributed by atoms with Gasteiger partial charge in [-0.05, 0) is 41.8 Å². The third-order valence-electron chi connectivity index (χ3n) is 7.27. The highest BCUT2D eigenvalue weighted by Gasteiger charge is 2.49. The average Bonchev–Trinajstić information content (AvgIpc) is 3.18. The zero-order valence-corrected chi connectivity index (χ0v) is 21.8. The van der Waals surface area contributed by atoms with Crippen LogP contribution < -0.4 is 0 Å². The van der Waals surface area contributed by atoms with Crippen LogP contribution in [0.4, 0.5) is 0 Å². The SMILES string of the molecule is CP1C(Cc2ccccc2)[C@H](OCc2ccccc2)[C@@H](OCc2ccccc2)[C@@H]1Cc1ccccc1. The molecule has 0 radical (unpaired) electrons. The van der Waals surface area contributed by atoms with E-state index in [1.54, 1.807) is 0 Å². The van der Waals surface area contributed by atoms with Gasteiger partial charge in [-0.15, -0.1) is 0 Å². The van der Waals surface area contributed by atoms with Crippen LogP contribution in [0.25, 0.3) is 0 Å². The van der Waals surface area contributed by atoms with E-state index in [1.807, 2.05) is 0 Å². The van der Waals surface area contributed by atoms with Crippen LogP contribution >= 0.6 is 7.92 Å². The molecule has 1 heterocycles. The zero-order valence-electron chi connectivity index (χ0n) is 20.9. The molecule has 4 aromatic carbocycles. The molecule has 36 heavy (non-hydrogen) atoms. The van der Waals surface area contributed by atoms with Gasteiger partial charge < -0.3 is 9.47 Å². The van der Waals surface area contributed by atoms with Crippen molar-refractivity contribution in [1.82, 2.24) is 0 Å². The molecule has 1 aliphatic heterocycles. The molecular weight excluding hydrogens is 459 g/mol. The van der Waals surface area contributed by atoms with Crippen LogP contribution in [0.1, 0.15) is 22.3 Å². The summed E-state index contributed by atoms with van der Waals surface area (Å²) in [4.78, 5) is 0. The second kappa shape index (κ2) is 12.5. The molecule has 5 atom stereocenters. The molecule has 1 fully saturated rings. The van der Waals surface area contributed by atoms with Gasteiger partial charge in [0.2, 0.25) is 0 Å². The van der Waals surface area contributed by atoms with Crippen LogP contribution in [-0.2, 0) is 35.5 Å². The van der Waals surface area contributed by atoms with Crippen molar-refractivity contribution < 1.29 is 9.47 Å². The van der Waals surface area contributed by atoms with Gasteiger partial charge in [0.1, 0.15) is 0 Å². The van der Waals surface area contributed by atoms with Crippen molar-refractivity contribution >= 4 is 7.92 Å². The van der Waals surface area contributed by atoms with Gasteiger partial charge in [0.05, 0.1) is 25.4 Å². The van der Waals surface area contributed by atoms with Gasteiger partial charge in [-0.2, -0.15) is 0 Å². The van der Waals surface area contributed by atoms with Crippen molar-refractivity contribution in [2.45, 2.75) is 49.6 Å². The molecule has 0 aliphatic carbocycles. The van der Waals surface area contributed by atoms with Gasteiger partial charge in [-0.3, -0.25) is 0 Å². The third-order valence-corrected chi connectivity index (χ3v) is 10.3. The molecule has 184 valence electrons. The molecule has 0 aromatic heterocycles. The molecule has 2 unspecified atom stereocenters. The highest BCUT2D eigenvalue weighted by molar-refractivity contribution is 7.59. The zero-order chi connectivity index (χ0) is 24.6. The van der Waals surface area contributed by atoms with Crippen molar-refractivity contribution in [3.05, 3.63) is 144 Å². The molecule has 5 rings (SSSR count). The molecule has 0 N–H and O–H groups in total. The normalized spacial score (nSPS) is 23.5. The predicted molar refractivity (Wildman–Crippen MR) is 151 cm³/mol. The summed E-state index contributed by atoms with van der Waals surface area (Å²) in [6.07, 6.45) is 2.16. The van der Waals surface area contributed by atoms with Crippen LogP contribution in [0.15, 0.2) is 121 Å². The maximum atomic E-state index is 6.80. The Balaban J connectivity index is 1.44. The van der Waals surface area contributed by atoms with E-state index >= 15 is 0 Å². The van der Waals surface area contributed by atoms with Crippen LogP contribution in [0, 0.1) is 0 Å². The van der Waals surface area contributed by atoms with E-state index in [0.29, 0.717) is 24.5 Å². The molecule has 0 saturated carbocycles. The number of benzene rings is 4. The number of hydrogen-bond acceptors (Lipinski definition) is 2. The van der Waals surface area contributed by atoms with E-state index in [4.69, 9.17) is 9.47 Å². The summed E-state index contributed by atoms with van der Waals surface area (Å²) in [5, 5.41) is 0. The molecular formula is C33H35O2P. The lowest BCUT2D eigenvalue weighted by Gasteiger charge is -2.27. The van der Waals surface area contributed by atoms with Gasteiger partial charge in [0.25, 0.3) is 0 Å². The van der Waals surface area contributed by atoms with E-state index in [9.17, 15) is 0 Å². The quantitative estimate of drug-likeness (QED) is 0.213. The summed E-state index contributed by atoms with van der Waals surface area (Å²) < 4.78 is 13.6. The first-order valence-electron chi connectivity index (χ1n) is 12.9. The Morgan fingerprint density at radius 1 is 0.472 bits per heavy atom. The summed E-state index contributed by atoms with van der Waals surface area (Å²) in [7, 11) is -0.329. The fraction of sp³-hybridized carbons (Fsp3) is 0.273. The highest BCUT2D eigenvalue weighted by Crippen LogP contribution is 2.57. The van der Waals surface area contributed by atoms with Crippen molar-refractivity contribution in [2.24, 2.45) is 0 Å². The van der Waals surface area contributed by atoms with Gasteiger partial charge in [0, 0.05) is 11.3 Å². The van der Waals surface area contributed by atoms with E-state index in [0.717, 1.165) is 12.8 Å². The number of rotatable bonds is 10. The highest BCUT2D eigenvalue weighted by atomic mass is 31.1. The summed E-state index contributed by atoms with van der Waals surface area (Å²) in [5.74, 6) is 0. The van der Waals surface area contributed by atoms with Gasteiger partial charge in [0.15, 0.2) is 0 Å². The molecule has 1 aliphatic rings. The standard InChI is InChI=1S/C33H35O2P/c1-36-30(22-26-14-6-2-7-15-26)32(34-24-28-18-10-4-11-19-28)33(35-25-29-20-12-5-13-21-29)31(36)23-27-16-8-3-9-17-27/h2-21,30-33H,22-25H2,1H3/t30-,31?,32-,33-,36?/m0/s1. The Morgan fingerprint density at radius 3 is 1.11 bits per heavy atom. The molecule has 4 aromatic rings. The monoisotopic (exact) mass is 494 g/mol. The van der Waals surface area contributed by atoms with E-state index in [1.165, 1.54) is 22.3 Å². The van der Waals surface area contributed by atoms with Crippen molar-refractivity contribution in [3.8, 4) is 0 Å². The molecule has 1 saturated heterocycles. The third kappa shape index (κ3) is 6.31. The molecule has 3 heteroatoms. The lowest BCUT2D eigenvalue weighted by atomic mass is 9.98. The fourth-order valence-electron chi connectivity index (χ4n) is 5.32. The Hall–Kier alpha value is -2.77. The van der Waals surface area contributed by atoms with Gasteiger partial charge in [-0.25, -0.2) is 0 Å². The number of hydrogen-bond donors (Lipinski definition) is 0. The summed E-state index contributed by atoms with van der Waals surface area (Å²) in [6, 6.07) is 42.9. The minimum Gasteiger partial charge on any atom is -0.370 e. The molecule has 0 spiro atoms. The first-order valence-corrected chi connectivity index (χ1v) is 14.8. The van der Waals surface area contributed by atoms with Crippen molar-refractivity contribution in [2.75, 3.05) is 6.66 Å². The predicted octanol–water partition coefficient (Wildman–Crippen LogP) is 7.51. The minimum atomic E-state index is -0.329. The van der Waals surface area contributed by atoms with Crippen LogP contribution in [0.3, 0.4) is 0 Å². The first kappa shape index (κ1) is 24.9. The minimum absolute atomic E-state index is 0.0546. The lowest BCUT2D eigenvalue weighted by molar-refractivity contribution is -0.0786. The van der Waals surface area contributed by atoms with Crippen molar-refractivity contribution in [1.29, 1.82) is 0 Å². The Kier molecular flexibility index (Phi) is 8.62. The fourth-order valence-corrected chi connectivity index (χ4v) is 8.25. The maximum Gasteiger partial charge on any atom is 0.0918 e. The van der Waals surface area contributed by atoms with Crippen LogP contribution in [-0.4, -0.2) is 30.2 Å². The first-order chi connectivity index (χ1) is 17.8. The van der Waals surface area contributed by atoms with E-state index < -0.39 is 0 Å². The summed E-state index contributed by atoms with van der Waals surface area (Å²) in [6.45, 7) is 3.70. The van der Waals surface area contributed by atoms with Gasteiger partial charge in [-0.1, -0.05) is 129 Å². The van der Waals surface area contributed by atoms with E-state index in [-0.39, 0.29) is 20.1 Å². The lowest BCUT2D eigenvalue weighted by Crippen LogP contribution is -2.38. The second-order valence-electron chi connectivity index (χ2n) is 9.70. The Morgan fingerprint density at radius 2 is 0.778 bits per heavy atom.